The van der Waals surface area contributed by atoms with Gasteiger partial charge in [0.2, 0.25) is 35.4 Å². The van der Waals surface area contributed by atoms with Gasteiger partial charge in [0.05, 0.1) is 31.2 Å². The summed E-state index contributed by atoms with van der Waals surface area (Å²) in [6.45, 7) is 11.6. The number of amides is 9. The van der Waals surface area contributed by atoms with Crippen molar-refractivity contribution < 1.29 is 76.7 Å². The Kier molecular flexibility index (Phi) is 25.2. The highest BCUT2D eigenvalue weighted by atomic mass is 35.5. The lowest BCUT2D eigenvalue weighted by atomic mass is 9.83. The molecule has 6 N–H and O–H groups in total. The Bertz CT molecular complexity index is 2690. The van der Waals surface area contributed by atoms with Crippen molar-refractivity contribution in [1.29, 1.82) is 0 Å². The van der Waals surface area contributed by atoms with Crippen molar-refractivity contribution in [3.63, 3.8) is 0 Å². The predicted octanol–water partition coefficient (Wildman–Crippen LogP) is 3.88. The number of likely N-dealkylation sites (N-methyl/N-ethyl adjacent to an activating group) is 1. The van der Waals surface area contributed by atoms with Crippen molar-refractivity contribution in [2.24, 2.45) is 5.92 Å². The number of nitrogens with zero attached hydrogens (tertiary/aromatic N) is 3. The number of anilines is 1. The second-order valence-electron chi connectivity index (χ2n) is 22.0. The number of allylic oxidation sites excluding steroid dienone is 3. The standard InChI is InChI=1S/C58H83ClN8O16S/c1-33-19-18-20-43(80-11)58(78)31-42(81-56(77)64-58)34(2)51-57(7,83-51)44(30-49(72)66(9)40-28-39(27-33)29-41(79-10)50(40)59)82-55(76)38(6)65(8)46(69)22-15-13-17-26-84-32-60-52(73)35(3)62-54(75)37(5)63-53(74)36(4)61-45(68)21-14-12-16-25-67-47(70)23-24-48(67)71/h18-20,23-24,28-29,34-38,42-44,51,78H,12-17,21-22,25-27,30-32H2,1-11H3,(H,60,73)(H,61,68)(H,62,75)(H,63,74)(H,64,77)/t34-,35+,36+,37-,38+,42+,43-,44+,51+,57+,58+/m1/s1. The van der Waals surface area contributed by atoms with Crippen LogP contribution in [-0.2, 0) is 68.5 Å². The third kappa shape index (κ3) is 18.5. The van der Waals surface area contributed by atoms with Crippen molar-refractivity contribution >= 4 is 88.4 Å². The molecule has 11 atom stereocenters. The Morgan fingerprint density at radius 3 is 2.19 bits per heavy atom. The van der Waals surface area contributed by atoms with Gasteiger partial charge >= 0.3 is 12.1 Å². The van der Waals surface area contributed by atoms with Gasteiger partial charge in [0.25, 0.3) is 11.8 Å². The van der Waals surface area contributed by atoms with Gasteiger partial charge in [-0.25, -0.2) is 9.59 Å². The van der Waals surface area contributed by atoms with Crippen molar-refractivity contribution in [2.45, 2.75) is 179 Å². The molecule has 4 aliphatic heterocycles. The van der Waals surface area contributed by atoms with E-state index in [-0.39, 0.29) is 66.8 Å². The minimum atomic E-state index is -1.88. The number of esters is 1. The molecule has 0 saturated carbocycles. The number of ether oxygens (including phenoxy) is 5. The van der Waals surface area contributed by atoms with Gasteiger partial charge in [-0.05, 0) is 97.1 Å². The summed E-state index contributed by atoms with van der Waals surface area (Å²) < 4.78 is 29.5. The van der Waals surface area contributed by atoms with E-state index in [1.165, 1.54) is 82.7 Å². The topological polar surface area (TPSA) is 310 Å². The van der Waals surface area contributed by atoms with Crippen molar-refractivity contribution in [2.75, 3.05) is 51.4 Å². The minimum absolute atomic E-state index is 0.0968. The zero-order valence-corrected chi connectivity index (χ0v) is 51.4. The van der Waals surface area contributed by atoms with Crippen LogP contribution in [0, 0.1) is 5.92 Å². The van der Waals surface area contributed by atoms with E-state index < -0.39 is 102 Å². The van der Waals surface area contributed by atoms with E-state index in [4.69, 9.17) is 35.3 Å². The molecule has 4 bridgehead atoms. The smallest absolute Gasteiger partial charge is 0.409 e. The number of rotatable bonds is 25. The molecule has 464 valence electrons. The van der Waals surface area contributed by atoms with E-state index in [9.17, 15) is 53.1 Å². The normalized spacial score (nSPS) is 24.7. The molecule has 1 aromatic carbocycles. The second kappa shape index (κ2) is 31.0. The first-order chi connectivity index (χ1) is 39.6. The van der Waals surface area contributed by atoms with Gasteiger partial charge in [-0.15, -0.1) is 11.8 Å². The molecule has 1 aromatic rings. The van der Waals surface area contributed by atoms with E-state index in [0.29, 0.717) is 62.1 Å². The highest BCUT2D eigenvalue weighted by molar-refractivity contribution is 7.99. The van der Waals surface area contributed by atoms with E-state index in [1.807, 2.05) is 13.0 Å². The summed E-state index contributed by atoms with van der Waals surface area (Å²) >= 11 is 8.27. The van der Waals surface area contributed by atoms with E-state index >= 15 is 0 Å². The van der Waals surface area contributed by atoms with Gasteiger partial charge in [-0.1, -0.05) is 55.2 Å². The number of fused-ring (bicyclic) bond motifs is 5. The molecule has 5 rings (SSSR count). The van der Waals surface area contributed by atoms with Crippen molar-refractivity contribution in [1.82, 2.24) is 36.4 Å². The highest BCUT2D eigenvalue weighted by Gasteiger charge is 2.64. The van der Waals surface area contributed by atoms with Crippen LogP contribution in [0.2, 0.25) is 5.02 Å². The van der Waals surface area contributed by atoms with Crippen LogP contribution in [0.25, 0.3) is 0 Å². The molecule has 2 saturated heterocycles. The van der Waals surface area contributed by atoms with Gasteiger partial charge in [0.1, 0.15) is 58.9 Å². The number of alkyl carbamates (subject to hydrolysis) is 1. The molecule has 4 heterocycles. The molecule has 0 radical (unpaired) electrons. The number of aliphatic hydroxyl groups is 1. The fourth-order valence-corrected chi connectivity index (χ4v) is 11.1. The molecule has 84 heavy (non-hydrogen) atoms. The zero-order valence-electron chi connectivity index (χ0n) is 49.8. The highest BCUT2D eigenvalue weighted by Crippen LogP contribution is 2.49. The first-order valence-corrected chi connectivity index (χ1v) is 29.8. The fraction of sp³-hybridized carbons (Fsp3) is 0.621. The Labute approximate surface area is 500 Å². The van der Waals surface area contributed by atoms with E-state index in [1.54, 1.807) is 45.2 Å². The average Bonchev–Trinajstić information content (AvgIpc) is 1.77. The number of epoxide rings is 1. The molecule has 0 spiro atoms. The summed E-state index contributed by atoms with van der Waals surface area (Å²) in [6.07, 6.45) is 6.62. The van der Waals surface area contributed by atoms with E-state index in [2.05, 4.69) is 26.6 Å². The Morgan fingerprint density at radius 2 is 1.54 bits per heavy atom. The monoisotopic (exact) mass is 1210 g/mol. The largest absolute Gasteiger partial charge is 0.495 e. The molecule has 4 aliphatic rings. The summed E-state index contributed by atoms with van der Waals surface area (Å²) in [7, 11) is 5.93. The number of methoxy groups -OCH3 is 2. The molecule has 0 unspecified atom stereocenters. The lowest BCUT2D eigenvalue weighted by Crippen LogP contribution is -2.63. The van der Waals surface area contributed by atoms with Crippen LogP contribution < -0.4 is 36.2 Å². The van der Waals surface area contributed by atoms with Crippen LogP contribution in [0.5, 0.6) is 5.75 Å². The molecular weight excluding hydrogens is 1130 g/mol. The summed E-state index contributed by atoms with van der Waals surface area (Å²) in [5.74, 6) is -3.66. The van der Waals surface area contributed by atoms with Crippen LogP contribution >= 0.6 is 23.4 Å². The molecule has 0 aromatic heterocycles. The number of unbranched alkanes of at least 4 members (excludes halogenated alkanes) is 4. The lowest BCUT2D eigenvalue weighted by Gasteiger charge is -2.42. The van der Waals surface area contributed by atoms with Crippen LogP contribution in [0.15, 0.2) is 48.1 Å². The predicted molar refractivity (Wildman–Crippen MR) is 312 cm³/mol. The molecule has 26 heteroatoms. The maximum atomic E-state index is 14.4. The number of hydrogen-bond donors (Lipinski definition) is 6. The first-order valence-electron chi connectivity index (χ1n) is 28.3. The second-order valence-corrected chi connectivity index (χ2v) is 23.5. The van der Waals surface area contributed by atoms with Crippen LogP contribution in [0.4, 0.5) is 10.5 Å². The third-order valence-corrected chi connectivity index (χ3v) is 16.8. The number of imide groups is 1. The molecule has 2 fully saturated rings. The third-order valence-electron chi connectivity index (χ3n) is 15.5. The maximum absolute atomic E-state index is 14.4. The minimum Gasteiger partial charge on any atom is -0.495 e. The summed E-state index contributed by atoms with van der Waals surface area (Å²) in [5.41, 5.74) is -1.15. The first kappa shape index (κ1) is 68.2. The number of benzene rings is 1. The number of thioether (sulfide) groups is 1. The number of nitrogens with one attached hydrogen (secondary N) is 5. The van der Waals surface area contributed by atoms with Crippen molar-refractivity contribution in [3.05, 3.63) is 58.7 Å². The van der Waals surface area contributed by atoms with Gasteiger partial charge in [-0.2, -0.15) is 0 Å². The molecule has 24 nitrogen and oxygen atoms in total. The SMILES string of the molecule is COc1cc2cc(c1Cl)N(C)C(=O)C[C@H](OC(=O)[C@H](C)N(C)C(=O)CCCCCSCNC(=O)[C@H](C)NC(=O)[C@@H](C)NC(=O)[C@H](C)NC(=O)CCCCCN1C(=O)C=CC1=O)[C@]1(C)O[C@H]1[C@H](C)[C@@H]1C[C@@](O)(NC(=O)O1)[C@H](OC)C=CC=C(C)C2. The Hall–Kier alpha value is -6.54. The Balaban J connectivity index is 1.06. The van der Waals surface area contributed by atoms with Crippen molar-refractivity contribution in [3.8, 4) is 5.75 Å². The summed E-state index contributed by atoms with van der Waals surface area (Å²) in [5, 5.41) is 25.0. The Morgan fingerprint density at radius 1 is 0.905 bits per heavy atom. The number of hydrogen-bond acceptors (Lipinski definition) is 17. The number of halogens is 1. The number of carbonyl (C=O) groups excluding carboxylic acids is 10. The molecular formula is C58H83ClN8O16S. The fourth-order valence-electron chi connectivity index (χ4n) is 9.97. The van der Waals surface area contributed by atoms with E-state index in [0.717, 1.165) is 16.0 Å². The molecule has 9 amide bonds. The maximum Gasteiger partial charge on any atom is 0.409 e. The lowest BCUT2D eigenvalue weighted by molar-refractivity contribution is -0.162. The van der Waals surface area contributed by atoms with Crippen LogP contribution in [0.3, 0.4) is 0 Å². The summed E-state index contributed by atoms with van der Waals surface area (Å²) in [6, 6.07) is -0.416. The quantitative estimate of drug-likeness (QED) is 0.0266. The van der Waals surface area contributed by atoms with Crippen LogP contribution in [-0.4, -0.2) is 181 Å². The van der Waals surface area contributed by atoms with Gasteiger partial charge in [0.15, 0.2) is 5.72 Å². The van der Waals surface area contributed by atoms with Crippen LogP contribution in [0.1, 0.15) is 118 Å². The van der Waals surface area contributed by atoms with Gasteiger partial charge < -0.3 is 59.9 Å². The van der Waals surface area contributed by atoms with Gasteiger partial charge in [-0.3, -0.25) is 48.6 Å². The average molecular weight is 1220 g/mol. The zero-order chi connectivity index (χ0) is 62.2. The molecule has 0 aliphatic carbocycles. The van der Waals surface area contributed by atoms with Gasteiger partial charge in [0, 0.05) is 65.1 Å². The summed E-state index contributed by atoms with van der Waals surface area (Å²) in [4.78, 5) is 133. The number of carbonyl (C=O) groups is 10.